The number of rotatable bonds is 3. The minimum absolute atomic E-state index is 0.0301. The first-order chi connectivity index (χ1) is 11.4. The molecule has 0 radical (unpaired) electrons. The molecule has 0 aromatic carbocycles. The molecule has 0 bridgehead atoms. The summed E-state index contributed by atoms with van der Waals surface area (Å²) in [5.41, 5.74) is -1.32. The molecule has 1 aromatic heterocycles. The lowest BCUT2D eigenvalue weighted by atomic mass is 10.2. The smallest absolute Gasteiger partial charge is 0.330 e. The third-order valence-electron chi connectivity index (χ3n) is 3.71. The monoisotopic (exact) mass is 354 g/mol. The van der Waals surface area contributed by atoms with Crippen LogP contribution in [0.3, 0.4) is 0 Å². The predicted octanol–water partition coefficient (Wildman–Crippen LogP) is -2.48. The summed E-state index contributed by atoms with van der Waals surface area (Å²) in [5, 5.41) is 23.9. The second kappa shape index (κ2) is 6.28. The number of thiocarbonyl (C=S) groups is 1. The lowest BCUT2D eigenvalue weighted by Crippen LogP contribution is -2.33. The lowest BCUT2D eigenvalue weighted by molar-refractivity contribution is -0.115. The van der Waals surface area contributed by atoms with Gasteiger partial charge in [-0.3, -0.25) is 24.5 Å². The number of aliphatic hydroxyl groups is 2. The van der Waals surface area contributed by atoms with E-state index < -0.39 is 42.2 Å². The van der Waals surface area contributed by atoms with Crippen molar-refractivity contribution in [3.05, 3.63) is 38.3 Å². The number of aliphatic hydroxyl groups excluding tert-OH is 2. The third kappa shape index (κ3) is 3.01. The molecular weight excluding hydrogens is 340 g/mol. The molecule has 5 N–H and O–H groups in total. The number of carbonyl (C=O) groups is 1. The molecule has 2 aliphatic heterocycles. The van der Waals surface area contributed by atoms with Crippen LogP contribution < -0.4 is 21.9 Å². The molecule has 11 heteroatoms. The van der Waals surface area contributed by atoms with Crippen molar-refractivity contribution in [3.63, 3.8) is 0 Å². The highest BCUT2D eigenvalue weighted by atomic mass is 32.1. The molecule has 3 atom stereocenters. The van der Waals surface area contributed by atoms with E-state index in [9.17, 15) is 19.5 Å². The van der Waals surface area contributed by atoms with Gasteiger partial charge in [0.15, 0.2) is 5.11 Å². The van der Waals surface area contributed by atoms with Crippen LogP contribution in [0.1, 0.15) is 18.2 Å². The third-order valence-corrected chi connectivity index (χ3v) is 3.91. The zero-order valence-electron chi connectivity index (χ0n) is 12.2. The molecule has 0 unspecified atom stereocenters. The molecular formula is C13H14N4O6S. The topological polar surface area (TPSA) is 146 Å². The van der Waals surface area contributed by atoms with Crippen molar-refractivity contribution in [3.8, 4) is 0 Å². The summed E-state index contributed by atoms with van der Waals surface area (Å²) >= 11 is 4.80. The van der Waals surface area contributed by atoms with Gasteiger partial charge in [0.2, 0.25) is 0 Å². The van der Waals surface area contributed by atoms with Crippen molar-refractivity contribution < 1.29 is 19.7 Å². The minimum atomic E-state index is -0.930. The molecule has 0 aliphatic carbocycles. The molecule has 10 nitrogen and oxygen atoms in total. The maximum absolute atomic E-state index is 12.0. The van der Waals surface area contributed by atoms with Gasteiger partial charge >= 0.3 is 5.69 Å². The van der Waals surface area contributed by atoms with E-state index in [0.29, 0.717) is 0 Å². The predicted molar refractivity (Wildman–Crippen MR) is 84.8 cm³/mol. The Morgan fingerprint density at radius 3 is 2.71 bits per heavy atom. The molecule has 3 rings (SSSR count). The van der Waals surface area contributed by atoms with Gasteiger partial charge in [0.05, 0.1) is 18.3 Å². The first kappa shape index (κ1) is 16.5. The highest BCUT2D eigenvalue weighted by Gasteiger charge is 2.35. The summed E-state index contributed by atoms with van der Waals surface area (Å²) in [6.07, 6.45) is -0.0312. The highest BCUT2D eigenvalue weighted by Crippen LogP contribution is 2.27. The Kier molecular flexibility index (Phi) is 4.32. The van der Waals surface area contributed by atoms with Crippen LogP contribution in [0.5, 0.6) is 0 Å². The molecule has 0 saturated carbocycles. The van der Waals surface area contributed by atoms with Crippen molar-refractivity contribution in [2.24, 2.45) is 0 Å². The van der Waals surface area contributed by atoms with Gasteiger partial charge in [-0.1, -0.05) is 0 Å². The number of ether oxygens (including phenoxy) is 1. The standard InChI is InChI=1S/C13H14N4O6S/c18-4-8-7(19)2-9(23-8)17-3-5(10(20)16-13(17)22)1-6-11(21)15-12(24)14-6/h1,3,7-9,18-19H,2,4H2,(H,16,20,22)(H2,14,15,21,24)/b6-1-/t7-,8+,9+/m0/s1. The highest BCUT2D eigenvalue weighted by molar-refractivity contribution is 7.80. The van der Waals surface area contributed by atoms with E-state index in [0.717, 1.165) is 4.57 Å². The molecule has 3 heterocycles. The van der Waals surface area contributed by atoms with Gasteiger partial charge in [-0.15, -0.1) is 0 Å². The SMILES string of the molecule is O=C1NC(=S)N/C1=C\c1cn([C@H]2C[C@H](O)[C@@H](CO)O2)c(=O)[nH]c1=O. The molecule has 1 aromatic rings. The fourth-order valence-electron chi connectivity index (χ4n) is 2.51. The van der Waals surface area contributed by atoms with Gasteiger partial charge in [-0.05, 0) is 18.3 Å². The Balaban J connectivity index is 1.97. The van der Waals surface area contributed by atoms with Crippen LogP contribution >= 0.6 is 12.2 Å². The number of hydrogen-bond acceptors (Lipinski definition) is 7. The maximum atomic E-state index is 12.0. The fourth-order valence-corrected chi connectivity index (χ4v) is 2.71. The van der Waals surface area contributed by atoms with Crippen molar-refractivity contribution in [1.82, 2.24) is 20.2 Å². The van der Waals surface area contributed by atoms with Crippen LogP contribution in [0.2, 0.25) is 0 Å². The second-order valence-electron chi connectivity index (χ2n) is 5.33. The van der Waals surface area contributed by atoms with E-state index in [-0.39, 0.29) is 22.8 Å². The summed E-state index contributed by atoms with van der Waals surface area (Å²) in [5.74, 6) is -0.495. The van der Waals surface area contributed by atoms with Gasteiger partial charge in [-0.2, -0.15) is 0 Å². The summed E-state index contributed by atoms with van der Waals surface area (Å²) in [7, 11) is 0. The summed E-state index contributed by atoms with van der Waals surface area (Å²) in [6.45, 7) is -0.395. The molecule has 128 valence electrons. The van der Waals surface area contributed by atoms with Crippen molar-refractivity contribution in [2.45, 2.75) is 24.9 Å². The van der Waals surface area contributed by atoms with Gasteiger partial charge < -0.3 is 20.3 Å². The number of hydrogen-bond donors (Lipinski definition) is 5. The molecule has 0 spiro atoms. The number of aromatic nitrogens is 2. The first-order valence-corrected chi connectivity index (χ1v) is 7.43. The Morgan fingerprint density at radius 2 is 2.12 bits per heavy atom. The zero-order chi connectivity index (χ0) is 17.4. The Bertz CT molecular complexity index is 844. The lowest BCUT2D eigenvalue weighted by Gasteiger charge is -2.14. The van der Waals surface area contributed by atoms with Gasteiger partial charge in [-0.25, -0.2) is 4.79 Å². The Labute approximate surface area is 139 Å². The van der Waals surface area contributed by atoms with Crippen molar-refractivity contribution >= 4 is 29.3 Å². The normalized spacial score (nSPS) is 28.2. The second-order valence-corrected chi connectivity index (χ2v) is 5.74. The van der Waals surface area contributed by atoms with E-state index in [1.165, 1.54) is 12.3 Å². The maximum Gasteiger partial charge on any atom is 0.330 e. The molecule has 1 amide bonds. The fraction of sp³-hybridized carbons (Fsp3) is 0.385. The van der Waals surface area contributed by atoms with E-state index >= 15 is 0 Å². The number of amides is 1. The van der Waals surface area contributed by atoms with Crippen molar-refractivity contribution in [1.29, 1.82) is 0 Å². The van der Waals surface area contributed by atoms with E-state index in [2.05, 4.69) is 15.6 Å². The molecule has 2 fully saturated rings. The quantitative estimate of drug-likeness (QED) is 0.296. The van der Waals surface area contributed by atoms with E-state index in [4.69, 9.17) is 22.1 Å². The van der Waals surface area contributed by atoms with Gasteiger partial charge in [0.25, 0.3) is 11.5 Å². The minimum Gasteiger partial charge on any atom is -0.394 e. The van der Waals surface area contributed by atoms with E-state index in [1.54, 1.807) is 0 Å². The van der Waals surface area contributed by atoms with E-state index in [1.807, 2.05) is 0 Å². The average Bonchev–Trinajstić information content (AvgIpc) is 3.04. The summed E-state index contributed by atoms with van der Waals surface area (Å²) in [4.78, 5) is 37.7. The Hall–Kier alpha value is -2.34. The number of H-pyrrole nitrogens is 1. The van der Waals surface area contributed by atoms with Crippen LogP contribution in [-0.2, 0) is 9.53 Å². The van der Waals surface area contributed by atoms with Crippen LogP contribution in [0.25, 0.3) is 6.08 Å². The Morgan fingerprint density at radius 1 is 1.38 bits per heavy atom. The van der Waals surface area contributed by atoms with Crippen LogP contribution in [0.4, 0.5) is 0 Å². The molecule has 2 aliphatic rings. The first-order valence-electron chi connectivity index (χ1n) is 7.03. The van der Waals surface area contributed by atoms with Gasteiger partial charge in [0, 0.05) is 12.6 Å². The van der Waals surface area contributed by atoms with Crippen LogP contribution in [-0.4, -0.2) is 49.6 Å². The average molecular weight is 354 g/mol. The van der Waals surface area contributed by atoms with Gasteiger partial charge in [0.1, 0.15) is 18.0 Å². The number of aromatic amines is 1. The number of nitrogens with zero attached hydrogens (tertiary/aromatic N) is 1. The summed E-state index contributed by atoms with van der Waals surface area (Å²) < 4.78 is 6.49. The van der Waals surface area contributed by atoms with Crippen molar-refractivity contribution in [2.75, 3.05) is 6.61 Å². The summed E-state index contributed by atoms with van der Waals surface area (Å²) in [6, 6.07) is 0. The largest absolute Gasteiger partial charge is 0.394 e. The molecule has 24 heavy (non-hydrogen) atoms. The number of carbonyl (C=O) groups excluding carboxylic acids is 1. The molecule has 2 saturated heterocycles. The van der Waals surface area contributed by atoms with Crippen LogP contribution in [0.15, 0.2) is 21.5 Å². The number of nitrogens with one attached hydrogen (secondary N) is 3. The zero-order valence-corrected chi connectivity index (χ0v) is 13.0. The van der Waals surface area contributed by atoms with Crippen LogP contribution in [0, 0.1) is 0 Å².